The van der Waals surface area contributed by atoms with Crippen molar-refractivity contribution >= 4 is 11.9 Å². The molecule has 1 unspecified atom stereocenters. The zero-order chi connectivity index (χ0) is 14.3. The van der Waals surface area contributed by atoms with E-state index in [-0.39, 0.29) is 12.7 Å². The molecule has 4 N–H and O–H groups in total. The lowest BCUT2D eigenvalue weighted by Gasteiger charge is -2.07. The minimum atomic E-state index is -0.901. The molecule has 3 amide bonds. The maximum absolute atomic E-state index is 11.1. The topological polar surface area (TPSA) is 102 Å². The number of carbonyl (C=O) groups is 2. The largest absolute Gasteiger partial charge is 0.484 e. The van der Waals surface area contributed by atoms with Gasteiger partial charge in [0.05, 0.1) is 6.10 Å². The highest BCUT2D eigenvalue weighted by Gasteiger charge is 2.05. The molecular weight excluding hydrogens is 248 g/mol. The number of aryl methyl sites for hydroxylation is 1. The Morgan fingerprint density at radius 1 is 1.37 bits per heavy atom. The minimum Gasteiger partial charge on any atom is -0.484 e. The molecule has 0 saturated heterocycles. The molecule has 0 bridgehead atoms. The van der Waals surface area contributed by atoms with Gasteiger partial charge in [-0.2, -0.15) is 0 Å². The number of aliphatic hydroxyl groups excluding tert-OH is 1. The van der Waals surface area contributed by atoms with Crippen molar-refractivity contribution in [3.63, 3.8) is 0 Å². The summed E-state index contributed by atoms with van der Waals surface area (Å²) in [6, 6.07) is 6.29. The van der Waals surface area contributed by atoms with Crippen LogP contribution in [-0.2, 0) is 11.2 Å². The van der Waals surface area contributed by atoms with Gasteiger partial charge in [0.25, 0.3) is 5.91 Å². The molecule has 1 atom stereocenters. The van der Waals surface area contributed by atoms with Gasteiger partial charge in [-0.05, 0) is 37.5 Å². The molecule has 1 rings (SSSR count). The van der Waals surface area contributed by atoms with Gasteiger partial charge in [-0.15, -0.1) is 0 Å². The summed E-state index contributed by atoms with van der Waals surface area (Å²) in [7, 11) is 0. The van der Waals surface area contributed by atoms with E-state index in [4.69, 9.17) is 10.5 Å². The maximum Gasteiger partial charge on any atom is 0.318 e. The normalized spacial score (nSPS) is 11.7. The van der Waals surface area contributed by atoms with Crippen LogP contribution in [-0.4, -0.2) is 29.8 Å². The Morgan fingerprint density at radius 2 is 2.00 bits per heavy atom. The number of benzene rings is 1. The van der Waals surface area contributed by atoms with Crippen LogP contribution in [0.3, 0.4) is 0 Å². The van der Waals surface area contributed by atoms with Gasteiger partial charge < -0.3 is 15.6 Å². The number of hydrogen-bond acceptors (Lipinski definition) is 4. The Morgan fingerprint density at radius 3 is 2.53 bits per heavy atom. The van der Waals surface area contributed by atoms with E-state index in [1.54, 1.807) is 19.1 Å². The predicted molar refractivity (Wildman–Crippen MR) is 69.7 cm³/mol. The van der Waals surface area contributed by atoms with E-state index >= 15 is 0 Å². The van der Waals surface area contributed by atoms with Crippen molar-refractivity contribution in [1.29, 1.82) is 0 Å². The number of imide groups is 1. The SMILES string of the molecule is CC(O)CCc1ccc(OCC(=O)NC(N)=O)cc1. The molecule has 0 heterocycles. The van der Waals surface area contributed by atoms with Crippen molar-refractivity contribution in [3.8, 4) is 5.75 Å². The molecule has 0 aliphatic heterocycles. The van der Waals surface area contributed by atoms with E-state index in [0.29, 0.717) is 12.2 Å². The first-order valence-electron chi connectivity index (χ1n) is 5.96. The third kappa shape index (κ3) is 6.42. The number of urea groups is 1. The number of rotatable bonds is 6. The molecule has 0 fully saturated rings. The fraction of sp³-hybridized carbons (Fsp3) is 0.385. The van der Waals surface area contributed by atoms with Crippen LogP contribution in [0.15, 0.2) is 24.3 Å². The van der Waals surface area contributed by atoms with Crippen LogP contribution in [0.25, 0.3) is 0 Å². The van der Waals surface area contributed by atoms with Gasteiger partial charge in [-0.25, -0.2) is 4.79 Å². The third-order valence-electron chi connectivity index (χ3n) is 2.41. The maximum atomic E-state index is 11.1. The van der Waals surface area contributed by atoms with Crippen LogP contribution in [0.2, 0.25) is 0 Å². The number of hydrogen-bond donors (Lipinski definition) is 3. The molecule has 1 aromatic carbocycles. The summed E-state index contributed by atoms with van der Waals surface area (Å²) >= 11 is 0. The van der Waals surface area contributed by atoms with Gasteiger partial charge in [0.15, 0.2) is 6.61 Å². The number of carbonyl (C=O) groups excluding carboxylic acids is 2. The van der Waals surface area contributed by atoms with E-state index in [9.17, 15) is 14.7 Å². The van der Waals surface area contributed by atoms with E-state index in [1.807, 2.05) is 17.4 Å². The lowest BCUT2D eigenvalue weighted by Crippen LogP contribution is -2.38. The molecule has 6 heteroatoms. The first-order valence-corrected chi connectivity index (χ1v) is 5.96. The van der Waals surface area contributed by atoms with Crippen LogP contribution < -0.4 is 15.8 Å². The average molecular weight is 266 g/mol. The summed E-state index contributed by atoms with van der Waals surface area (Å²) in [4.78, 5) is 21.5. The highest BCUT2D eigenvalue weighted by atomic mass is 16.5. The first-order chi connectivity index (χ1) is 8.97. The van der Waals surface area contributed by atoms with Crippen LogP contribution >= 0.6 is 0 Å². The fourth-order valence-corrected chi connectivity index (χ4v) is 1.45. The van der Waals surface area contributed by atoms with Crippen molar-refractivity contribution in [2.24, 2.45) is 5.73 Å². The summed E-state index contributed by atoms with van der Waals surface area (Å²) < 4.78 is 5.18. The van der Waals surface area contributed by atoms with Gasteiger partial charge in [0.2, 0.25) is 0 Å². The van der Waals surface area contributed by atoms with Gasteiger partial charge in [-0.1, -0.05) is 12.1 Å². The zero-order valence-electron chi connectivity index (χ0n) is 10.8. The van der Waals surface area contributed by atoms with Crippen LogP contribution in [0.4, 0.5) is 4.79 Å². The van der Waals surface area contributed by atoms with Crippen LogP contribution in [0.1, 0.15) is 18.9 Å². The molecule has 0 aliphatic carbocycles. The Bertz CT molecular complexity index is 429. The van der Waals surface area contributed by atoms with Crippen molar-refractivity contribution in [2.75, 3.05) is 6.61 Å². The quantitative estimate of drug-likeness (QED) is 0.700. The zero-order valence-corrected chi connectivity index (χ0v) is 10.8. The number of aliphatic hydroxyl groups is 1. The predicted octanol–water partition coefficient (Wildman–Crippen LogP) is 0.574. The van der Waals surface area contributed by atoms with Crippen molar-refractivity contribution < 1.29 is 19.4 Å². The summed E-state index contributed by atoms with van der Waals surface area (Å²) in [5, 5.41) is 11.1. The van der Waals surface area contributed by atoms with Crippen molar-refractivity contribution in [1.82, 2.24) is 5.32 Å². The first kappa shape index (κ1) is 15.0. The lowest BCUT2D eigenvalue weighted by molar-refractivity contribution is -0.121. The number of primary amides is 1. The summed E-state index contributed by atoms with van der Waals surface area (Å²) in [5.74, 6) is -0.0638. The Hall–Kier alpha value is -2.08. The van der Waals surface area contributed by atoms with E-state index < -0.39 is 11.9 Å². The van der Waals surface area contributed by atoms with E-state index in [0.717, 1.165) is 12.0 Å². The minimum absolute atomic E-state index is 0.268. The second-order valence-electron chi connectivity index (χ2n) is 4.23. The van der Waals surface area contributed by atoms with Crippen molar-refractivity contribution in [3.05, 3.63) is 29.8 Å². The average Bonchev–Trinajstić information content (AvgIpc) is 2.34. The smallest absolute Gasteiger partial charge is 0.318 e. The van der Waals surface area contributed by atoms with E-state index in [1.165, 1.54) is 0 Å². The molecule has 1 aromatic rings. The Balaban J connectivity index is 2.39. The Kier molecular flexibility index (Phi) is 5.81. The molecule has 19 heavy (non-hydrogen) atoms. The fourth-order valence-electron chi connectivity index (χ4n) is 1.45. The van der Waals surface area contributed by atoms with Gasteiger partial charge in [0.1, 0.15) is 5.75 Å². The number of amides is 3. The molecule has 104 valence electrons. The molecule has 6 nitrogen and oxygen atoms in total. The lowest BCUT2D eigenvalue weighted by atomic mass is 10.1. The standard InChI is InChI=1S/C13H18N2O4/c1-9(16)2-3-10-4-6-11(7-5-10)19-8-12(17)15-13(14)18/h4-7,9,16H,2-3,8H2,1H3,(H3,14,15,17,18). The molecule has 0 radical (unpaired) electrons. The molecular formula is C13H18N2O4. The monoisotopic (exact) mass is 266 g/mol. The molecule has 0 aromatic heterocycles. The third-order valence-corrected chi connectivity index (χ3v) is 2.41. The second-order valence-corrected chi connectivity index (χ2v) is 4.23. The Labute approximate surface area is 111 Å². The van der Waals surface area contributed by atoms with E-state index in [2.05, 4.69) is 0 Å². The molecule has 0 aliphatic rings. The summed E-state index contributed by atoms with van der Waals surface area (Å²) in [5.41, 5.74) is 5.87. The highest BCUT2D eigenvalue weighted by molar-refractivity contribution is 5.94. The van der Waals surface area contributed by atoms with Crippen LogP contribution in [0.5, 0.6) is 5.75 Å². The van der Waals surface area contributed by atoms with Crippen molar-refractivity contribution in [2.45, 2.75) is 25.9 Å². The van der Waals surface area contributed by atoms with Crippen LogP contribution in [0, 0.1) is 0 Å². The number of nitrogens with one attached hydrogen (secondary N) is 1. The number of nitrogens with two attached hydrogens (primary N) is 1. The van der Waals surface area contributed by atoms with Gasteiger partial charge >= 0.3 is 6.03 Å². The molecule has 0 spiro atoms. The summed E-state index contributed by atoms with van der Waals surface area (Å²) in [6.07, 6.45) is 1.15. The highest BCUT2D eigenvalue weighted by Crippen LogP contribution is 2.13. The second kappa shape index (κ2) is 7.38. The number of ether oxygens (including phenoxy) is 1. The van der Waals surface area contributed by atoms with Gasteiger partial charge in [0, 0.05) is 0 Å². The van der Waals surface area contributed by atoms with Gasteiger partial charge in [-0.3, -0.25) is 10.1 Å². The summed E-state index contributed by atoms with van der Waals surface area (Å²) in [6.45, 7) is 1.48. The molecule has 0 saturated carbocycles.